The molecule has 0 aromatic heterocycles. The SMILES string of the molecule is COc1c(O)ccc2c1[C@]13CCN(CC4CCC4)[C@H](C2)[C@]1(O)CC[C@H](O)[C@H]3C. The molecule has 0 amide bonds. The number of ether oxygens (including phenoxy) is 1. The van der Waals surface area contributed by atoms with Gasteiger partial charge in [-0.1, -0.05) is 19.4 Å². The standard InChI is InChI=1S/C23H33NO4/c1-14-17(25)8-9-23(27)19-12-16-6-7-18(26)21(28-2)20(16)22(14,23)10-11-24(19)13-15-4-3-5-15/h6-7,14-15,17,19,25-27H,3-5,8-13H2,1-2H3/t14-,17+,19-,22-,23-/m1/s1. The van der Waals surface area contributed by atoms with Gasteiger partial charge in [-0.15, -0.1) is 0 Å². The number of aromatic hydroxyl groups is 1. The van der Waals surface area contributed by atoms with Crippen LogP contribution in [0.3, 0.4) is 0 Å². The molecule has 1 aromatic rings. The van der Waals surface area contributed by atoms with Crippen LogP contribution in [-0.2, 0) is 11.8 Å². The summed E-state index contributed by atoms with van der Waals surface area (Å²) in [6, 6.07) is 3.79. The molecule has 154 valence electrons. The minimum Gasteiger partial charge on any atom is -0.504 e. The van der Waals surface area contributed by atoms with E-state index in [1.165, 1.54) is 19.3 Å². The number of aliphatic hydroxyl groups excluding tert-OH is 1. The summed E-state index contributed by atoms with van der Waals surface area (Å²) in [7, 11) is 1.59. The van der Waals surface area contributed by atoms with Crippen LogP contribution in [0.15, 0.2) is 12.1 Å². The molecule has 0 radical (unpaired) electrons. The van der Waals surface area contributed by atoms with Crippen molar-refractivity contribution in [3.8, 4) is 11.5 Å². The quantitative estimate of drug-likeness (QED) is 0.744. The van der Waals surface area contributed by atoms with E-state index >= 15 is 0 Å². The zero-order valence-corrected chi connectivity index (χ0v) is 17.0. The Bertz CT molecular complexity index is 778. The molecular formula is C23H33NO4. The maximum atomic E-state index is 12.3. The summed E-state index contributed by atoms with van der Waals surface area (Å²) >= 11 is 0. The van der Waals surface area contributed by atoms with Crippen LogP contribution in [0.25, 0.3) is 0 Å². The maximum Gasteiger partial charge on any atom is 0.164 e. The number of methoxy groups -OCH3 is 1. The van der Waals surface area contributed by atoms with E-state index in [0.29, 0.717) is 18.6 Å². The van der Waals surface area contributed by atoms with Crippen LogP contribution < -0.4 is 4.74 Å². The largest absolute Gasteiger partial charge is 0.504 e. The summed E-state index contributed by atoms with van der Waals surface area (Å²) in [6.45, 7) is 4.08. The minimum absolute atomic E-state index is 0.0681. The van der Waals surface area contributed by atoms with Crippen molar-refractivity contribution < 1.29 is 20.1 Å². The van der Waals surface area contributed by atoms with Gasteiger partial charge in [-0.3, -0.25) is 4.90 Å². The third kappa shape index (κ3) is 2.24. The molecule has 28 heavy (non-hydrogen) atoms. The molecule has 2 saturated carbocycles. The van der Waals surface area contributed by atoms with E-state index in [1.54, 1.807) is 13.2 Å². The van der Waals surface area contributed by atoms with Crippen LogP contribution in [0.5, 0.6) is 11.5 Å². The average Bonchev–Trinajstić information content (AvgIpc) is 2.64. The van der Waals surface area contributed by atoms with Crippen molar-refractivity contribution in [2.24, 2.45) is 11.8 Å². The van der Waals surface area contributed by atoms with E-state index in [4.69, 9.17) is 4.74 Å². The lowest BCUT2D eigenvalue weighted by Crippen LogP contribution is -2.76. The third-order valence-electron chi connectivity index (χ3n) is 8.74. The number of hydrogen-bond donors (Lipinski definition) is 3. The number of aliphatic hydroxyl groups is 2. The zero-order valence-electron chi connectivity index (χ0n) is 17.0. The summed E-state index contributed by atoms with van der Waals surface area (Å²) in [4.78, 5) is 2.54. The van der Waals surface area contributed by atoms with Crippen molar-refractivity contribution in [1.82, 2.24) is 4.90 Å². The number of fused-ring (bicyclic) bond motifs is 1. The highest BCUT2D eigenvalue weighted by Gasteiger charge is 2.68. The van der Waals surface area contributed by atoms with Gasteiger partial charge in [0, 0.05) is 23.6 Å². The molecule has 2 bridgehead atoms. The number of piperidine rings is 1. The van der Waals surface area contributed by atoms with Gasteiger partial charge in [0.25, 0.3) is 0 Å². The second kappa shape index (κ2) is 6.35. The second-order valence-corrected chi connectivity index (χ2v) is 9.70. The molecule has 1 heterocycles. The molecule has 4 aliphatic rings. The van der Waals surface area contributed by atoms with Gasteiger partial charge in [0.05, 0.1) is 18.8 Å². The van der Waals surface area contributed by atoms with Crippen molar-refractivity contribution in [1.29, 1.82) is 0 Å². The van der Waals surface area contributed by atoms with Crippen LogP contribution in [-0.4, -0.2) is 58.2 Å². The molecule has 1 aliphatic heterocycles. The number of rotatable bonds is 3. The highest BCUT2D eigenvalue weighted by atomic mass is 16.5. The fourth-order valence-corrected chi connectivity index (χ4v) is 7.03. The predicted octanol–water partition coefficient (Wildman–Crippen LogP) is 2.59. The summed E-state index contributed by atoms with van der Waals surface area (Å²) in [6.07, 6.45) is 6.29. The highest BCUT2D eigenvalue weighted by Crippen LogP contribution is 2.63. The Morgan fingerprint density at radius 1 is 1.21 bits per heavy atom. The Hall–Kier alpha value is -1.30. The molecular weight excluding hydrogens is 354 g/mol. The predicted molar refractivity (Wildman–Crippen MR) is 107 cm³/mol. The first kappa shape index (κ1) is 18.7. The number of phenols is 1. The fourth-order valence-electron chi connectivity index (χ4n) is 7.03. The molecule has 0 unspecified atom stereocenters. The summed E-state index contributed by atoms with van der Waals surface area (Å²) < 4.78 is 5.67. The van der Waals surface area contributed by atoms with Gasteiger partial charge in [0.15, 0.2) is 11.5 Å². The molecule has 1 aromatic carbocycles. The molecule has 5 nitrogen and oxygen atoms in total. The number of benzene rings is 1. The first-order chi connectivity index (χ1) is 13.4. The number of hydrogen-bond acceptors (Lipinski definition) is 5. The van der Waals surface area contributed by atoms with Crippen molar-refractivity contribution >= 4 is 0 Å². The van der Waals surface area contributed by atoms with Gasteiger partial charge >= 0.3 is 0 Å². The van der Waals surface area contributed by atoms with E-state index in [0.717, 1.165) is 43.0 Å². The second-order valence-electron chi connectivity index (χ2n) is 9.70. The lowest BCUT2D eigenvalue weighted by Gasteiger charge is -2.67. The van der Waals surface area contributed by atoms with Gasteiger partial charge < -0.3 is 20.1 Å². The lowest BCUT2D eigenvalue weighted by atomic mass is 9.45. The molecule has 5 heteroatoms. The van der Waals surface area contributed by atoms with E-state index < -0.39 is 17.1 Å². The smallest absolute Gasteiger partial charge is 0.164 e. The molecule has 3 fully saturated rings. The highest BCUT2D eigenvalue weighted by molar-refractivity contribution is 5.59. The van der Waals surface area contributed by atoms with Gasteiger partial charge in [-0.25, -0.2) is 0 Å². The molecule has 1 saturated heterocycles. The zero-order chi connectivity index (χ0) is 19.7. The molecule has 0 spiro atoms. The van der Waals surface area contributed by atoms with Gasteiger partial charge in [0.2, 0.25) is 0 Å². The Morgan fingerprint density at radius 3 is 2.68 bits per heavy atom. The number of phenolic OH excluding ortho intramolecular Hbond substituents is 1. The van der Waals surface area contributed by atoms with Crippen LogP contribution in [0, 0.1) is 11.8 Å². The lowest BCUT2D eigenvalue weighted by molar-refractivity contribution is -0.206. The van der Waals surface area contributed by atoms with Crippen LogP contribution >= 0.6 is 0 Å². The van der Waals surface area contributed by atoms with Crippen LogP contribution in [0.1, 0.15) is 56.6 Å². The monoisotopic (exact) mass is 387 g/mol. The van der Waals surface area contributed by atoms with Gasteiger partial charge in [-0.2, -0.15) is 0 Å². The van der Waals surface area contributed by atoms with E-state index in [2.05, 4.69) is 11.8 Å². The summed E-state index contributed by atoms with van der Waals surface area (Å²) in [5, 5.41) is 33.6. The molecule has 5 rings (SSSR count). The third-order valence-corrected chi connectivity index (χ3v) is 8.74. The van der Waals surface area contributed by atoms with E-state index in [9.17, 15) is 15.3 Å². The van der Waals surface area contributed by atoms with Gasteiger partial charge in [-0.05, 0) is 68.5 Å². The normalized spacial score (nSPS) is 40.4. The van der Waals surface area contributed by atoms with Crippen LogP contribution in [0.2, 0.25) is 0 Å². The van der Waals surface area contributed by atoms with Crippen LogP contribution in [0.4, 0.5) is 0 Å². The maximum absolute atomic E-state index is 12.3. The van der Waals surface area contributed by atoms with Crippen molar-refractivity contribution in [2.45, 2.75) is 75.0 Å². The fraction of sp³-hybridized carbons (Fsp3) is 0.739. The van der Waals surface area contributed by atoms with Crippen molar-refractivity contribution in [2.75, 3.05) is 20.2 Å². The molecule has 5 atom stereocenters. The van der Waals surface area contributed by atoms with Crippen molar-refractivity contribution in [3.63, 3.8) is 0 Å². The molecule has 3 aliphatic carbocycles. The summed E-state index contributed by atoms with van der Waals surface area (Å²) in [5.74, 6) is 1.29. The first-order valence-electron chi connectivity index (χ1n) is 11.0. The average molecular weight is 388 g/mol. The molecule has 3 N–H and O–H groups in total. The van der Waals surface area contributed by atoms with Gasteiger partial charge in [0.1, 0.15) is 0 Å². The Kier molecular flexibility index (Phi) is 4.24. The summed E-state index contributed by atoms with van der Waals surface area (Å²) in [5.41, 5.74) is 0.622. The Balaban J connectivity index is 1.68. The topological polar surface area (TPSA) is 73.2 Å². The van der Waals surface area contributed by atoms with E-state index in [-0.39, 0.29) is 17.7 Å². The minimum atomic E-state index is -0.901. The van der Waals surface area contributed by atoms with E-state index in [1.807, 2.05) is 6.07 Å². The number of likely N-dealkylation sites (tertiary alicyclic amines) is 1. The Labute approximate surface area is 167 Å². The van der Waals surface area contributed by atoms with Crippen molar-refractivity contribution in [3.05, 3.63) is 23.3 Å². The first-order valence-corrected chi connectivity index (χ1v) is 11.0. The Morgan fingerprint density at radius 2 is 2.00 bits per heavy atom. The number of nitrogens with zero attached hydrogens (tertiary/aromatic N) is 1.